The van der Waals surface area contributed by atoms with E-state index in [1.165, 1.54) is 11.3 Å². The number of aliphatic hydroxyl groups excluding tert-OH is 1. The summed E-state index contributed by atoms with van der Waals surface area (Å²) in [5.41, 5.74) is 6.46. The molecule has 2 aromatic rings. The van der Waals surface area contributed by atoms with Crippen LogP contribution in [0.3, 0.4) is 0 Å². The maximum Gasteiger partial charge on any atom is 0.264 e. The molecule has 0 radical (unpaired) electrons. The van der Waals surface area contributed by atoms with E-state index in [2.05, 4.69) is 6.92 Å². The van der Waals surface area contributed by atoms with Gasteiger partial charge in [0.1, 0.15) is 0 Å². The van der Waals surface area contributed by atoms with Gasteiger partial charge in [0.25, 0.3) is 5.91 Å². The standard InChI is InChI=1S/C15H20N2O2S/c1-2-3-6-17(7-8-18)15(19)14-10-11-9-12(16)4-5-13(11)20-14/h4-5,9-10,18H,2-3,6-8,16H2,1H3. The number of hydrogen-bond acceptors (Lipinski definition) is 4. The summed E-state index contributed by atoms with van der Waals surface area (Å²) in [6.07, 6.45) is 1.97. The van der Waals surface area contributed by atoms with Crippen molar-refractivity contribution in [1.82, 2.24) is 4.90 Å². The molecule has 1 heterocycles. The van der Waals surface area contributed by atoms with Crippen LogP contribution < -0.4 is 5.73 Å². The maximum absolute atomic E-state index is 12.5. The van der Waals surface area contributed by atoms with Gasteiger partial charge in [0.15, 0.2) is 0 Å². The van der Waals surface area contributed by atoms with Crippen molar-refractivity contribution < 1.29 is 9.90 Å². The molecule has 0 fully saturated rings. The summed E-state index contributed by atoms with van der Waals surface area (Å²) in [5, 5.41) is 10.1. The van der Waals surface area contributed by atoms with E-state index in [1.807, 2.05) is 24.3 Å². The number of hydrogen-bond donors (Lipinski definition) is 2. The van der Waals surface area contributed by atoms with Crippen molar-refractivity contribution in [3.63, 3.8) is 0 Å². The van der Waals surface area contributed by atoms with Crippen LogP contribution in [-0.4, -0.2) is 35.6 Å². The first kappa shape index (κ1) is 14.8. The molecule has 0 aliphatic carbocycles. The van der Waals surface area contributed by atoms with Crippen molar-refractivity contribution in [3.8, 4) is 0 Å². The predicted octanol–water partition coefficient (Wildman–Crippen LogP) is 2.72. The largest absolute Gasteiger partial charge is 0.399 e. The van der Waals surface area contributed by atoms with Crippen LogP contribution in [0.25, 0.3) is 10.1 Å². The Morgan fingerprint density at radius 1 is 1.35 bits per heavy atom. The van der Waals surface area contributed by atoms with E-state index in [9.17, 15) is 4.79 Å². The topological polar surface area (TPSA) is 66.6 Å². The number of nitrogen functional groups attached to an aromatic ring is 1. The number of thiophene rings is 1. The third kappa shape index (κ3) is 3.29. The Morgan fingerprint density at radius 3 is 2.85 bits per heavy atom. The Labute approximate surface area is 122 Å². The molecule has 108 valence electrons. The highest BCUT2D eigenvalue weighted by molar-refractivity contribution is 7.20. The zero-order chi connectivity index (χ0) is 14.5. The second-order valence-electron chi connectivity index (χ2n) is 4.78. The highest BCUT2D eigenvalue weighted by atomic mass is 32.1. The number of fused-ring (bicyclic) bond motifs is 1. The molecule has 0 bridgehead atoms. The van der Waals surface area contributed by atoms with Crippen molar-refractivity contribution in [3.05, 3.63) is 29.1 Å². The molecule has 0 aliphatic heterocycles. The lowest BCUT2D eigenvalue weighted by Crippen LogP contribution is -2.33. The number of nitrogens with zero attached hydrogens (tertiary/aromatic N) is 1. The van der Waals surface area contributed by atoms with Crippen LogP contribution in [0.1, 0.15) is 29.4 Å². The van der Waals surface area contributed by atoms with Crippen molar-refractivity contribution in [2.24, 2.45) is 0 Å². The lowest BCUT2D eigenvalue weighted by Gasteiger charge is -2.20. The molecule has 0 unspecified atom stereocenters. The first-order chi connectivity index (χ1) is 9.65. The monoisotopic (exact) mass is 292 g/mol. The smallest absolute Gasteiger partial charge is 0.264 e. The van der Waals surface area contributed by atoms with Crippen LogP contribution in [0.2, 0.25) is 0 Å². The van der Waals surface area contributed by atoms with E-state index in [4.69, 9.17) is 10.8 Å². The van der Waals surface area contributed by atoms with Gasteiger partial charge in [-0.05, 0) is 36.1 Å². The van der Waals surface area contributed by atoms with E-state index in [-0.39, 0.29) is 12.5 Å². The molecule has 20 heavy (non-hydrogen) atoms. The number of carbonyl (C=O) groups excluding carboxylic acids is 1. The number of amides is 1. The molecule has 0 saturated heterocycles. The molecule has 4 nitrogen and oxygen atoms in total. The first-order valence-corrected chi connectivity index (χ1v) is 7.66. The van der Waals surface area contributed by atoms with Crippen LogP contribution in [-0.2, 0) is 0 Å². The highest BCUT2D eigenvalue weighted by Gasteiger charge is 2.17. The van der Waals surface area contributed by atoms with Gasteiger partial charge in [0.05, 0.1) is 11.5 Å². The Hall–Kier alpha value is -1.59. The second kappa shape index (κ2) is 6.72. The van der Waals surface area contributed by atoms with Gasteiger partial charge in [0.2, 0.25) is 0 Å². The van der Waals surface area contributed by atoms with E-state index in [1.54, 1.807) is 4.90 Å². The summed E-state index contributed by atoms with van der Waals surface area (Å²) in [7, 11) is 0. The lowest BCUT2D eigenvalue weighted by molar-refractivity contribution is 0.0724. The quantitative estimate of drug-likeness (QED) is 0.804. The van der Waals surface area contributed by atoms with Crippen molar-refractivity contribution in [2.75, 3.05) is 25.4 Å². The Bertz CT molecular complexity index is 595. The third-order valence-electron chi connectivity index (χ3n) is 3.19. The summed E-state index contributed by atoms with van der Waals surface area (Å²) >= 11 is 1.47. The van der Waals surface area contributed by atoms with Gasteiger partial charge < -0.3 is 15.7 Å². The zero-order valence-corrected chi connectivity index (χ0v) is 12.4. The zero-order valence-electron chi connectivity index (χ0n) is 11.6. The third-order valence-corrected chi connectivity index (χ3v) is 4.29. The fourth-order valence-corrected chi connectivity index (χ4v) is 3.12. The Morgan fingerprint density at radius 2 is 2.15 bits per heavy atom. The van der Waals surface area contributed by atoms with Crippen LogP contribution in [0.4, 0.5) is 5.69 Å². The van der Waals surface area contributed by atoms with Gasteiger partial charge >= 0.3 is 0 Å². The van der Waals surface area contributed by atoms with Gasteiger partial charge in [0, 0.05) is 23.5 Å². The SMILES string of the molecule is CCCCN(CCO)C(=O)c1cc2cc(N)ccc2s1. The highest BCUT2D eigenvalue weighted by Crippen LogP contribution is 2.28. The Balaban J connectivity index is 2.23. The summed E-state index contributed by atoms with van der Waals surface area (Å²) in [4.78, 5) is 14.9. The Kier molecular flexibility index (Phi) is 4.98. The number of anilines is 1. The molecule has 5 heteroatoms. The average Bonchev–Trinajstić information content (AvgIpc) is 2.85. The molecular weight excluding hydrogens is 272 g/mol. The molecule has 3 N–H and O–H groups in total. The number of nitrogens with two attached hydrogens (primary N) is 1. The van der Waals surface area contributed by atoms with E-state index >= 15 is 0 Å². The molecule has 0 aliphatic rings. The van der Waals surface area contributed by atoms with Crippen molar-refractivity contribution in [2.45, 2.75) is 19.8 Å². The fraction of sp³-hybridized carbons (Fsp3) is 0.400. The second-order valence-corrected chi connectivity index (χ2v) is 5.86. The van der Waals surface area contributed by atoms with Crippen LogP contribution in [0.5, 0.6) is 0 Å². The van der Waals surface area contributed by atoms with Gasteiger partial charge in [-0.2, -0.15) is 0 Å². The predicted molar refractivity (Wildman–Crippen MR) is 84.1 cm³/mol. The maximum atomic E-state index is 12.5. The van der Waals surface area contributed by atoms with Crippen LogP contribution in [0.15, 0.2) is 24.3 Å². The molecule has 1 aromatic heterocycles. The van der Waals surface area contributed by atoms with Crippen molar-refractivity contribution >= 4 is 33.0 Å². The minimum absolute atomic E-state index is 0.00665. The molecular formula is C15H20N2O2S. The summed E-state index contributed by atoms with van der Waals surface area (Å²) in [6.45, 7) is 3.15. The lowest BCUT2D eigenvalue weighted by atomic mass is 10.2. The number of carbonyl (C=O) groups is 1. The molecule has 0 atom stereocenters. The summed E-state index contributed by atoms with van der Waals surface area (Å²) in [6, 6.07) is 7.55. The summed E-state index contributed by atoms with van der Waals surface area (Å²) < 4.78 is 1.06. The summed E-state index contributed by atoms with van der Waals surface area (Å²) in [5.74, 6) is -0.00716. The minimum Gasteiger partial charge on any atom is -0.399 e. The van der Waals surface area contributed by atoms with E-state index in [0.29, 0.717) is 23.7 Å². The average molecular weight is 292 g/mol. The van der Waals surface area contributed by atoms with Gasteiger partial charge in [-0.15, -0.1) is 11.3 Å². The fourth-order valence-electron chi connectivity index (χ4n) is 2.11. The van der Waals surface area contributed by atoms with E-state index in [0.717, 1.165) is 22.9 Å². The number of benzene rings is 1. The number of aliphatic hydroxyl groups is 1. The molecule has 0 spiro atoms. The van der Waals surface area contributed by atoms with Gasteiger partial charge in [-0.1, -0.05) is 13.3 Å². The molecule has 0 saturated carbocycles. The molecule has 1 aromatic carbocycles. The van der Waals surface area contributed by atoms with E-state index < -0.39 is 0 Å². The first-order valence-electron chi connectivity index (χ1n) is 6.85. The number of rotatable bonds is 6. The number of unbranched alkanes of at least 4 members (excludes halogenated alkanes) is 1. The van der Waals surface area contributed by atoms with Crippen LogP contribution in [0, 0.1) is 0 Å². The van der Waals surface area contributed by atoms with Gasteiger partial charge in [-0.25, -0.2) is 0 Å². The molecule has 1 amide bonds. The van der Waals surface area contributed by atoms with Crippen LogP contribution >= 0.6 is 11.3 Å². The normalized spacial score (nSPS) is 10.9. The molecule has 2 rings (SSSR count). The van der Waals surface area contributed by atoms with Crippen molar-refractivity contribution in [1.29, 1.82) is 0 Å². The van der Waals surface area contributed by atoms with Gasteiger partial charge in [-0.3, -0.25) is 4.79 Å². The minimum atomic E-state index is -0.00716.